The Morgan fingerprint density at radius 1 is 1.25 bits per heavy atom. The summed E-state index contributed by atoms with van der Waals surface area (Å²) < 4.78 is 8.51. The Morgan fingerprint density at radius 2 is 2.05 bits per heavy atom. The number of benzene rings is 1. The molecule has 0 aliphatic heterocycles. The molecule has 2 aromatic rings. The maximum Gasteiger partial charge on any atom is 0.178 e. The van der Waals surface area contributed by atoms with Gasteiger partial charge in [-0.05, 0) is 37.2 Å². The minimum atomic E-state index is 0.480. The summed E-state index contributed by atoms with van der Waals surface area (Å²) >= 11 is 5.55. The van der Waals surface area contributed by atoms with E-state index in [2.05, 4.69) is 29.5 Å². The van der Waals surface area contributed by atoms with E-state index in [0.717, 1.165) is 21.6 Å². The average molecular weight is 292 g/mol. The van der Waals surface area contributed by atoms with Crippen molar-refractivity contribution >= 4 is 23.3 Å². The number of nitrogens with zero attached hydrogens (tertiary/aromatic N) is 1. The van der Waals surface area contributed by atoms with Crippen molar-refractivity contribution in [3.8, 4) is 5.75 Å². The zero-order valence-corrected chi connectivity index (χ0v) is 13.4. The average Bonchev–Trinajstić information content (AvgIpc) is 2.79. The first-order chi connectivity index (χ1) is 9.72. The molecule has 0 bridgehead atoms. The molecule has 0 fully saturated rings. The first-order valence-electron chi connectivity index (χ1n) is 7.50. The largest absolute Gasteiger partial charge is 0.494 e. The standard InChI is InChI=1S/C16H24N2OS/c1-4-6-9-12(8-5-2)18-13-10-7-11-14(19-3)15(13)17-16(18)20/h7,10-12H,4-6,8-9H2,1-3H3,(H,17,20). The quantitative estimate of drug-likeness (QED) is 0.707. The molecule has 1 atom stereocenters. The van der Waals surface area contributed by atoms with Crippen LogP contribution in [0.15, 0.2) is 18.2 Å². The Hall–Kier alpha value is -1.29. The summed E-state index contributed by atoms with van der Waals surface area (Å²) in [5, 5.41) is 0. The van der Waals surface area contributed by atoms with Crippen LogP contribution in [0.4, 0.5) is 0 Å². The van der Waals surface area contributed by atoms with Crippen molar-refractivity contribution in [2.24, 2.45) is 0 Å². The Labute approximate surface area is 126 Å². The van der Waals surface area contributed by atoms with Crippen molar-refractivity contribution in [1.29, 1.82) is 0 Å². The van der Waals surface area contributed by atoms with Crippen LogP contribution in [0, 0.1) is 4.77 Å². The maximum absolute atomic E-state index is 5.55. The van der Waals surface area contributed by atoms with Crippen LogP contribution in [0.1, 0.15) is 52.0 Å². The van der Waals surface area contributed by atoms with Gasteiger partial charge in [0.2, 0.25) is 0 Å². The SMILES string of the molecule is CCCCC(CCC)n1c(=S)[nH]c2c(OC)cccc21. The number of unbranched alkanes of at least 4 members (excludes halogenated alkanes) is 1. The van der Waals surface area contributed by atoms with Gasteiger partial charge in [-0.25, -0.2) is 0 Å². The number of para-hydroxylation sites is 1. The lowest BCUT2D eigenvalue weighted by molar-refractivity contribution is 0.418. The summed E-state index contributed by atoms with van der Waals surface area (Å²) in [5.41, 5.74) is 2.17. The van der Waals surface area contributed by atoms with E-state index in [0.29, 0.717) is 6.04 Å². The zero-order chi connectivity index (χ0) is 14.5. The lowest BCUT2D eigenvalue weighted by Gasteiger charge is -2.19. The molecule has 0 aliphatic rings. The molecule has 1 N–H and O–H groups in total. The minimum absolute atomic E-state index is 0.480. The molecule has 1 heterocycles. The van der Waals surface area contributed by atoms with E-state index < -0.39 is 0 Å². The van der Waals surface area contributed by atoms with Gasteiger partial charge in [-0.15, -0.1) is 0 Å². The molecule has 4 heteroatoms. The summed E-state index contributed by atoms with van der Waals surface area (Å²) in [6, 6.07) is 6.61. The third-order valence-electron chi connectivity index (χ3n) is 3.81. The fourth-order valence-electron chi connectivity index (χ4n) is 2.83. The highest BCUT2D eigenvalue weighted by molar-refractivity contribution is 7.71. The summed E-state index contributed by atoms with van der Waals surface area (Å²) in [6.07, 6.45) is 5.98. The Bertz CT molecular complexity index is 614. The molecule has 2 rings (SSSR count). The smallest absolute Gasteiger partial charge is 0.178 e. The van der Waals surface area contributed by atoms with E-state index in [1.54, 1.807) is 7.11 Å². The van der Waals surface area contributed by atoms with Crippen LogP contribution < -0.4 is 4.74 Å². The Balaban J connectivity index is 2.51. The fourth-order valence-corrected chi connectivity index (χ4v) is 3.18. The molecule has 1 aromatic heterocycles. The van der Waals surface area contributed by atoms with Gasteiger partial charge in [0.1, 0.15) is 11.3 Å². The topological polar surface area (TPSA) is 29.9 Å². The van der Waals surface area contributed by atoms with E-state index >= 15 is 0 Å². The van der Waals surface area contributed by atoms with Crippen molar-refractivity contribution in [3.05, 3.63) is 23.0 Å². The number of hydrogen-bond donors (Lipinski definition) is 1. The van der Waals surface area contributed by atoms with E-state index in [1.807, 2.05) is 12.1 Å². The van der Waals surface area contributed by atoms with E-state index in [1.165, 1.54) is 32.1 Å². The van der Waals surface area contributed by atoms with Crippen molar-refractivity contribution in [2.75, 3.05) is 7.11 Å². The molecule has 0 saturated carbocycles. The van der Waals surface area contributed by atoms with Crippen LogP contribution in [0.25, 0.3) is 11.0 Å². The maximum atomic E-state index is 5.55. The van der Waals surface area contributed by atoms with Crippen LogP contribution in [0.5, 0.6) is 5.75 Å². The van der Waals surface area contributed by atoms with E-state index in [9.17, 15) is 0 Å². The molecule has 0 spiro atoms. The lowest BCUT2D eigenvalue weighted by Crippen LogP contribution is -2.09. The molecule has 110 valence electrons. The molecule has 0 saturated heterocycles. The normalized spacial score (nSPS) is 12.8. The number of H-pyrrole nitrogens is 1. The predicted molar refractivity (Wildman–Crippen MR) is 87.1 cm³/mol. The summed E-state index contributed by atoms with van der Waals surface area (Å²) in [7, 11) is 1.70. The monoisotopic (exact) mass is 292 g/mol. The van der Waals surface area contributed by atoms with E-state index in [-0.39, 0.29) is 0 Å². The van der Waals surface area contributed by atoms with Gasteiger partial charge in [-0.2, -0.15) is 0 Å². The number of rotatable bonds is 7. The molecule has 0 aliphatic carbocycles. The highest BCUT2D eigenvalue weighted by Crippen LogP contribution is 2.30. The number of imidazole rings is 1. The molecular weight excluding hydrogens is 268 g/mol. The van der Waals surface area contributed by atoms with Crippen molar-refractivity contribution in [2.45, 2.75) is 52.0 Å². The molecule has 20 heavy (non-hydrogen) atoms. The van der Waals surface area contributed by atoms with Gasteiger partial charge in [0, 0.05) is 6.04 Å². The van der Waals surface area contributed by atoms with Crippen LogP contribution in [0.2, 0.25) is 0 Å². The zero-order valence-electron chi connectivity index (χ0n) is 12.6. The van der Waals surface area contributed by atoms with E-state index in [4.69, 9.17) is 17.0 Å². The Morgan fingerprint density at radius 3 is 2.70 bits per heavy atom. The second-order valence-corrected chi connectivity index (χ2v) is 5.63. The van der Waals surface area contributed by atoms with Crippen LogP contribution in [-0.2, 0) is 0 Å². The second kappa shape index (κ2) is 6.93. The molecule has 3 nitrogen and oxygen atoms in total. The van der Waals surface area contributed by atoms with Crippen LogP contribution in [0.3, 0.4) is 0 Å². The van der Waals surface area contributed by atoms with Gasteiger partial charge in [0.15, 0.2) is 4.77 Å². The molecule has 1 aromatic carbocycles. The predicted octanol–water partition coefficient (Wildman–Crippen LogP) is 5.24. The fraction of sp³-hybridized carbons (Fsp3) is 0.562. The molecule has 0 radical (unpaired) electrons. The number of aromatic nitrogens is 2. The molecular formula is C16H24N2OS. The Kier molecular flexibility index (Phi) is 5.24. The van der Waals surface area contributed by atoms with Gasteiger partial charge in [0.05, 0.1) is 12.6 Å². The van der Waals surface area contributed by atoms with Gasteiger partial charge < -0.3 is 14.3 Å². The first-order valence-corrected chi connectivity index (χ1v) is 7.90. The highest BCUT2D eigenvalue weighted by Gasteiger charge is 2.16. The van der Waals surface area contributed by atoms with Gasteiger partial charge in [0.25, 0.3) is 0 Å². The van der Waals surface area contributed by atoms with Crippen molar-refractivity contribution in [1.82, 2.24) is 9.55 Å². The number of fused-ring (bicyclic) bond motifs is 1. The third-order valence-corrected chi connectivity index (χ3v) is 4.11. The van der Waals surface area contributed by atoms with Gasteiger partial charge in [-0.1, -0.05) is 39.2 Å². The van der Waals surface area contributed by atoms with Crippen LogP contribution >= 0.6 is 12.2 Å². The summed E-state index contributed by atoms with van der Waals surface area (Å²) in [4.78, 5) is 3.31. The molecule has 1 unspecified atom stereocenters. The first kappa shape index (κ1) is 15.1. The third kappa shape index (κ3) is 2.90. The number of aromatic amines is 1. The lowest BCUT2D eigenvalue weighted by atomic mass is 10.0. The molecule has 0 amide bonds. The highest BCUT2D eigenvalue weighted by atomic mass is 32.1. The number of hydrogen-bond acceptors (Lipinski definition) is 2. The minimum Gasteiger partial charge on any atom is -0.494 e. The number of nitrogens with one attached hydrogen (secondary N) is 1. The van der Waals surface area contributed by atoms with Gasteiger partial charge >= 0.3 is 0 Å². The van der Waals surface area contributed by atoms with Gasteiger partial charge in [-0.3, -0.25) is 0 Å². The summed E-state index contributed by atoms with van der Waals surface area (Å²) in [5.74, 6) is 0.859. The number of ether oxygens (including phenoxy) is 1. The van der Waals surface area contributed by atoms with Crippen LogP contribution in [-0.4, -0.2) is 16.7 Å². The van der Waals surface area contributed by atoms with Crippen molar-refractivity contribution < 1.29 is 4.74 Å². The number of methoxy groups -OCH3 is 1. The summed E-state index contributed by atoms with van der Waals surface area (Å²) in [6.45, 7) is 4.47. The second-order valence-electron chi connectivity index (χ2n) is 5.24. The van der Waals surface area contributed by atoms with Crippen molar-refractivity contribution in [3.63, 3.8) is 0 Å².